The number of carbonyl (C=O) groups is 2. The Hall–Kier alpha value is -3.96. The molecule has 0 unspecified atom stereocenters. The second-order valence-electron chi connectivity index (χ2n) is 8.76. The molecule has 5 heteroatoms. The number of fused-ring (bicyclic) bond motifs is 2. The summed E-state index contributed by atoms with van der Waals surface area (Å²) >= 11 is 0. The maximum Gasteiger partial charge on any atom is 0.266 e. The van der Waals surface area contributed by atoms with Crippen molar-refractivity contribution in [2.75, 3.05) is 9.96 Å². The summed E-state index contributed by atoms with van der Waals surface area (Å²) in [6.45, 7) is 2.11. The second kappa shape index (κ2) is 8.12. The highest BCUT2D eigenvalue weighted by molar-refractivity contribution is 6.26. The van der Waals surface area contributed by atoms with E-state index >= 15 is 0 Å². The lowest BCUT2D eigenvalue weighted by Crippen LogP contribution is -2.37. The first-order valence-corrected chi connectivity index (χ1v) is 11.6. The molecule has 0 spiro atoms. The van der Waals surface area contributed by atoms with Gasteiger partial charge in [0.1, 0.15) is 5.92 Å². The number of aryl methyl sites for hydroxylation is 1. The Balaban J connectivity index is 1.45. The lowest BCUT2D eigenvalue weighted by molar-refractivity contribution is -0.126. The van der Waals surface area contributed by atoms with Gasteiger partial charge >= 0.3 is 0 Å². The molecule has 6 rings (SSSR count). The molecular formula is C29H24N2O3. The van der Waals surface area contributed by atoms with Crippen molar-refractivity contribution >= 4 is 34.0 Å². The van der Waals surface area contributed by atoms with Crippen LogP contribution >= 0.6 is 0 Å². The fourth-order valence-corrected chi connectivity index (χ4v) is 5.14. The van der Waals surface area contributed by atoms with Gasteiger partial charge in [-0.25, -0.2) is 9.96 Å². The number of para-hydroxylation sites is 1. The van der Waals surface area contributed by atoms with E-state index in [4.69, 9.17) is 4.84 Å². The van der Waals surface area contributed by atoms with E-state index in [2.05, 4.69) is 19.1 Å². The van der Waals surface area contributed by atoms with Crippen LogP contribution in [0.15, 0.2) is 97.1 Å². The fraction of sp³-hybridized carbons (Fsp3) is 0.172. The lowest BCUT2D eigenvalue weighted by Gasteiger charge is -2.29. The van der Waals surface area contributed by atoms with Crippen molar-refractivity contribution in [3.8, 4) is 0 Å². The molecule has 0 N–H and O–H groups in total. The van der Waals surface area contributed by atoms with Gasteiger partial charge in [0.15, 0.2) is 6.10 Å². The van der Waals surface area contributed by atoms with Gasteiger partial charge < -0.3 is 0 Å². The molecule has 4 aromatic rings. The Morgan fingerprint density at radius 2 is 1.47 bits per heavy atom. The van der Waals surface area contributed by atoms with Crippen LogP contribution in [-0.4, -0.2) is 17.9 Å². The van der Waals surface area contributed by atoms with E-state index in [1.807, 2.05) is 84.9 Å². The fourth-order valence-electron chi connectivity index (χ4n) is 5.14. The number of hydrogen-bond acceptors (Lipinski definition) is 4. The molecule has 2 aliphatic rings. The Kier molecular flexibility index (Phi) is 4.93. The van der Waals surface area contributed by atoms with E-state index < -0.39 is 18.1 Å². The molecule has 2 aliphatic heterocycles. The SMILES string of the molecule is CCc1ccc([C@@H]2[C@@H]3C(=O)N(c4cccc5ccccc45)C(=O)[C@H]3ON2c2ccccc2)cc1. The number of amides is 2. The van der Waals surface area contributed by atoms with E-state index in [0.29, 0.717) is 5.69 Å². The quantitative estimate of drug-likeness (QED) is 0.390. The average molecular weight is 449 g/mol. The van der Waals surface area contributed by atoms with Crippen LogP contribution in [0.2, 0.25) is 0 Å². The highest BCUT2D eigenvalue weighted by Gasteiger charge is 2.60. The molecule has 3 atom stereocenters. The van der Waals surface area contributed by atoms with Crippen molar-refractivity contribution in [2.24, 2.45) is 5.92 Å². The highest BCUT2D eigenvalue weighted by atomic mass is 16.7. The minimum atomic E-state index is -0.873. The smallest absolute Gasteiger partial charge is 0.266 e. The third-order valence-electron chi connectivity index (χ3n) is 6.86. The summed E-state index contributed by atoms with van der Waals surface area (Å²) in [6.07, 6.45) is 0.0601. The molecule has 0 aromatic heterocycles. The summed E-state index contributed by atoms with van der Waals surface area (Å²) in [4.78, 5) is 35.2. The van der Waals surface area contributed by atoms with Gasteiger partial charge in [0.05, 0.1) is 17.4 Å². The molecular weight excluding hydrogens is 424 g/mol. The van der Waals surface area contributed by atoms with E-state index in [9.17, 15) is 9.59 Å². The number of rotatable bonds is 4. The van der Waals surface area contributed by atoms with Crippen LogP contribution in [0.5, 0.6) is 0 Å². The third-order valence-corrected chi connectivity index (χ3v) is 6.86. The van der Waals surface area contributed by atoms with Crippen molar-refractivity contribution in [3.05, 3.63) is 108 Å². The van der Waals surface area contributed by atoms with Gasteiger partial charge in [-0.1, -0.05) is 85.8 Å². The minimum Gasteiger partial charge on any atom is -0.273 e. The summed E-state index contributed by atoms with van der Waals surface area (Å²) in [5.41, 5.74) is 3.60. The van der Waals surface area contributed by atoms with Gasteiger partial charge in [-0.3, -0.25) is 14.4 Å². The van der Waals surface area contributed by atoms with Gasteiger partial charge in [-0.05, 0) is 41.1 Å². The standard InChI is InChI=1S/C29H24N2O3/c1-2-19-15-17-21(18-16-19)26-25-27(34-31(26)22-11-4-3-5-12-22)29(33)30(28(25)32)24-14-8-10-20-9-6-7-13-23(20)24/h3-18,25-27H,2H2,1H3/t25-,26+,27-/m0/s1. The first-order valence-electron chi connectivity index (χ1n) is 11.6. The number of nitrogens with zero attached hydrogens (tertiary/aromatic N) is 2. The van der Waals surface area contributed by atoms with E-state index in [-0.39, 0.29) is 11.8 Å². The van der Waals surface area contributed by atoms with Crippen LogP contribution in [0.3, 0.4) is 0 Å². The molecule has 5 nitrogen and oxygen atoms in total. The zero-order chi connectivity index (χ0) is 23.2. The Morgan fingerprint density at radius 3 is 2.24 bits per heavy atom. The molecule has 4 aromatic carbocycles. The first kappa shape index (κ1) is 20.6. The largest absolute Gasteiger partial charge is 0.273 e. The number of imide groups is 1. The number of carbonyl (C=O) groups excluding carboxylic acids is 2. The van der Waals surface area contributed by atoms with Gasteiger partial charge in [0.25, 0.3) is 5.91 Å². The molecule has 2 saturated heterocycles. The van der Waals surface area contributed by atoms with Crippen LogP contribution in [-0.2, 0) is 20.8 Å². The van der Waals surface area contributed by atoms with Crippen LogP contribution in [0.25, 0.3) is 10.8 Å². The minimum absolute atomic E-state index is 0.227. The molecule has 0 saturated carbocycles. The number of anilines is 2. The van der Waals surface area contributed by atoms with Crippen LogP contribution in [0.4, 0.5) is 11.4 Å². The number of benzene rings is 4. The summed E-state index contributed by atoms with van der Waals surface area (Å²) in [5, 5.41) is 3.60. The van der Waals surface area contributed by atoms with Crippen molar-refractivity contribution < 1.29 is 14.4 Å². The molecule has 0 radical (unpaired) electrons. The van der Waals surface area contributed by atoms with E-state index in [1.165, 1.54) is 10.5 Å². The molecule has 168 valence electrons. The van der Waals surface area contributed by atoms with Crippen molar-refractivity contribution in [2.45, 2.75) is 25.5 Å². The summed E-state index contributed by atoms with van der Waals surface area (Å²) in [7, 11) is 0. The number of hydrogen-bond donors (Lipinski definition) is 0. The molecule has 2 amide bonds. The molecule has 2 heterocycles. The second-order valence-corrected chi connectivity index (χ2v) is 8.76. The summed E-state index contributed by atoms with van der Waals surface area (Å²) in [5.74, 6) is -1.19. The van der Waals surface area contributed by atoms with Crippen LogP contribution < -0.4 is 9.96 Å². The van der Waals surface area contributed by atoms with Gasteiger partial charge in [0.2, 0.25) is 5.91 Å². The maximum absolute atomic E-state index is 13.9. The molecule has 34 heavy (non-hydrogen) atoms. The Morgan fingerprint density at radius 1 is 0.765 bits per heavy atom. The first-order chi connectivity index (χ1) is 16.7. The van der Waals surface area contributed by atoms with E-state index in [1.54, 1.807) is 5.06 Å². The van der Waals surface area contributed by atoms with Crippen LogP contribution in [0.1, 0.15) is 24.1 Å². The maximum atomic E-state index is 13.9. The van der Waals surface area contributed by atoms with Gasteiger partial charge in [-0.2, -0.15) is 0 Å². The van der Waals surface area contributed by atoms with Gasteiger partial charge in [-0.15, -0.1) is 0 Å². The predicted molar refractivity (Wildman–Crippen MR) is 132 cm³/mol. The lowest BCUT2D eigenvalue weighted by atomic mass is 9.90. The number of hydroxylamine groups is 1. The zero-order valence-corrected chi connectivity index (χ0v) is 18.8. The van der Waals surface area contributed by atoms with Gasteiger partial charge in [0, 0.05) is 5.39 Å². The molecule has 2 fully saturated rings. The molecule has 0 aliphatic carbocycles. The van der Waals surface area contributed by atoms with Crippen molar-refractivity contribution in [1.82, 2.24) is 0 Å². The average Bonchev–Trinajstić information content (AvgIpc) is 3.40. The predicted octanol–water partition coefficient (Wildman–Crippen LogP) is 5.45. The summed E-state index contributed by atoms with van der Waals surface area (Å²) < 4.78 is 0. The van der Waals surface area contributed by atoms with Crippen molar-refractivity contribution in [1.29, 1.82) is 0 Å². The monoisotopic (exact) mass is 448 g/mol. The highest BCUT2D eigenvalue weighted by Crippen LogP contribution is 2.48. The normalized spacial score (nSPS) is 22.0. The Labute approximate surface area is 198 Å². The Bertz CT molecular complexity index is 1380. The van der Waals surface area contributed by atoms with Crippen LogP contribution in [0, 0.1) is 5.92 Å². The molecule has 0 bridgehead atoms. The zero-order valence-electron chi connectivity index (χ0n) is 18.8. The summed E-state index contributed by atoms with van der Waals surface area (Å²) in [6, 6.07) is 31.0. The third kappa shape index (κ3) is 3.12. The van der Waals surface area contributed by atoms with Crippen molar-refractivity contribution in [3.63, 3.8) is 0 Å². The topological polar surface area (TPSA) is 49.9 Å². The van der Waals surface area contributed by atoms with E-state index in [0.717, 1.165) is 28.4 Å².